The van der Waals surface area contributed by atoms with Gasteiger partial charge in [-0.15, -0.1) is 0 Å². The first-order valence-corrected chi connectivity index (χ1v) is 3.73. The molecule has 0 saturated heterocycles. The number of rotatable bonds is 2. The Kier molecular flexibility index (Phi) is 4.88. The predicted molar refractivity (Wildman–Crippen MR) is 48.8 cm³/mol. The van der Waals surface area contributed by atoms with Gasteiger partial charge in [-0.25, -0.2) is 0 Å². The lowest BCUT2D eigenvalue weighted by molar-refractivity contribution is 1.46. The molecule has 0 bridgehead atoms. The lowest BCUT2D eigenvalue weighted by Crippen LogP contribution is -1.92. The predicted octanol–water partition coefficient (Wildman–Crippen LogP) is 3.66. The molecule has 3 heteroatoms. The third-order valence-corrected chi connectivity index (χ3v) is 1.02. The Hall–Kier alpha value is 0.0900. The van der Waals surface area contributed by atoms with Crippen LogP contribution in [0.15, 0.2) is 37.0 Å². The highest BCUT2D eigenvalue weighted by molar-refractivity contribution is 6.68. The van der Waals surface area contributed by atoms with Crippen molar-refractivity contribution in [1.29, 1.82) is 0 Å². The fourth-order valence-electron chi connectivity index (χ4n) is 0.307. The summed E-state index contributed by atoms with van der Waals surface area (Å²) in [6.45, 7) is 3.48. The monoisotopic (exact) mass is 196 g/mol. The smallest absolute Gasteiger partial charge is 0.0991 e. The Morgan fingerprint density at radius 1 is 1.00 bits per heavy atom. The topological polar surface area (TPSA) is 0 Å². The lowest BCUT2D eigenvalue weighted by Gasteiger charge is -1.99. The molecule has 0 aliphatic rings. The largest absolute Gasteiger partial charge is 0.209 e. The van der Waals surface area contributed by atoms with Crippen LogP contribution in [0.25, 0.3) is 0 Å². The van der Waals surface area contributed by atoms with Gasteiger partial charge in [0.05, 0.1) is 0 Å². The van der Waals surface area contributed by atoms with E-state index in [1.54, 1.807) is 24.3 Å². The first-order chi connectivity index (χ1) is 4.56. The molecule has 0 amide bonds. The Morgan fingerprint density at radius 3 is 2.00 bits per heavy atom. The zero-order chi connectivity index (χ0) is 8.04. The Labute approximate surface area is 75.8 Å². The van der Waals surface area contributed by atoms with Gasteiger partial charge in [-0.3, -0.25) is 0 Å². The maximum absolute atomic E-state index is 5.40. The molecule has 0 heterocycles. The van der Waals surface area contributed by atoms with E-state index in [4.69, 9.17) is 34.8 Å². The van der Waals surface area contributed by atoms with Crippen molar-refractivity contribution in [3.05, 3.63) is 37.0 Å². The van der Waals surface area contributed by atoms with Crippen LogP contribution < -0.4 is 0 Å². The van der Waals surface area contributed by atoms with Crippen molar-refractivity contribution >= 4 is 34.8 Å². The molecule has 0 aromatic carbocycles. The van der Waals surface area contributed by atoms with Crippen LogP contribution in [0.5, 0.6) is 0 Å². The second kappa shape index (κ2) is 4.84. The number of hydrogen-bond donors (Lipinski definition) is 0. The maximum atomic E-state index is 5.40. The average Bonchev–Trinajstić information content (AvgIpc) is 1.78. The summed E-state index contributed by atoms with van der Waals surface area (Å²) in [4.78, 5) is 0. The Morgan fingerprint density at radius 2 is 1.60 bits per heavy atom. The molecule has 0 aromatic rings. The first kappa shape index (κ1) is 10.1. The van der Waals surface area contributed by atoms with Crippen LogP contribution >= 0.6 is 34.8 Å². The van der Waals surface area contributed by atoms with Crippen LogP contribution in [0.2, 0.25) is 0 Å². The molecule has 0 rings (SSSR count). The van der Waals surface area contributed by atoms with E-state index in [0.717, 1.165) is 0 Å². The van der Waals surface area contributed by atoms with Gasteiger partial charge in [-0.1, -0.05) is 65.7 Å². The van der Waals surface area contributed by atoms with Gasteiger partial charge in [0.2, 0.25) is 3.79 Å². The molecule has 0 radical (unpaired) electrons. The van der Waals surface area contributed by atoms with E-state index in [1.807, 2.05) is 0 Å². The summed E-state index contributed by atoms with van der Waals surface area (Å²) in [7, 11) is 0. The van der Waals surface area contributed by atoms with Crippen molar-refractivity contribution in [1.82, 2.24) is 0 Å². The summed E-state index contributed by atoms with van der Waals surface area (Å²) < 4.78 is -1.30. The zero-order valence-corrected chi connectivity index (χ0v) is 7.50. The van der Waals surface area contributed by atoms with E-state index < -0.39 is 3.79 Å². The highest BCUT2D eigenvalue weighted by Gasteiger charge is 2.12. The van der Waals surface area contributed by atoms with Gasteiger partial charge in [-0.05, 0) is 6.08 Å². The van der Waals surface area contributed by atoms with Gasteiger partial charge in [0.15, 0.2) is 0 Å². The fraction of sp³-hybridized carbons (Fsp3) is 0.143. The molecule has 56 valence electrons. The summed E-state index contributed by atoms with van der Waals surface area (Å²) in [6, 6.07) is 0. The van der Waals surface area contributed by atoms with E-state index in [0.29, 0.717) is 0 Å². The Balaban J connectivity index is 3.77. The van der Waals surface area contributed by atoms with Gasteiger partial charge in [-0.2, -0.15) is 0 Å². The van der Waals surface area contributed by atoms with Gasteiger partial charge in [0.1, 0.15) is 0 Å². The summed E-state index contributed by atoms with van der Waals surface area (Å²) in [6.07, 6.45) is 8.22. The molecular weight excluding hydrogens is 190 g/mol. The van der Waals surface area contributed by atoms with Crippen molar-refractivity contribution in [3.63, 3.8) is 0 Å². The minimum absolute atomic E-state index is 1.30. The summed E-state index contributed by atoms with van der Waals surface area (Å²) in [5.74, 6) is 0. The van der Waals surface area contributed by atoms with E-state index in [9.17, 15) is 0 Å². The molecule has 0 aromatic heterocycles. The molecule has 0 unspecified atom stereocenters. The van der Waals surface area contributed by atoms with Crippen LogP contribution in [0.3, 0.4) is 0 Å². The molecule has 0 saturated carbocycles. The normalized spacial score (nSPS) is 13.1. The number of alkyl halides is 3. The van der Waals surface area contributed by atoms with Crippen molar-refractivity contribution < 1.29 is 0 Å². The van der Waals surface area contributed by atoms with Crippen molar-refractivity contribution in [2.24, 2.45) is 0 Å². The summed E-state index contributed by atoms with van der Waals surface area (Å²) in [5.41, 5.74) is 0. The lowest BCUT2D eigenvalue weighted by atomic mass is 10.4. The van der Waals surface area contributed by atoms with E-state index in [2.05, 4.69) is 6.58 Å². The second-order valence-electron chi connectivity index (χ2n) is 1.52. The summed E-state index contributed by atoms with van der Waals surface area (Å²) >= 11 is 16.2. The fourth-order valence-corrected chi connectivity index (χ4v) is 0.526. The van der Waals surface area contributed by atoms with Crippen LogP contribution in [-0.2, 0) is 0 Å². The van der Waals surface area contributed by atoms with Crippen LogP contribution in [0.1, 0.15) is 0 Å². The van der Waals surface area contributed by atoms with Crippen molar-refractivity contribution in [3.8, 4) is 0 Å². The molecule has 0 nitrogen and oxygen atoms in total. The van der Waals surface area contributed by atoms with E-state index >= 15 is 0 Å². The quantitative estimate of drug-likeness (QED) is 0.468. The third kappa shape index (κ3) is 8.09. The van der Waals surface area contributed by atoms with Gasteiger partial charge in [0.25, 0.3) is 0 Å². The highest BCUT2D eigenvalue weighted by Crippen LogP contribution is 2.27. The third-order valence-electron chi connectivity index (χ3n) is 0.644. The minimum atomic E-state index is -1.30. The minimum Gasteiger partial charge on any atom is -0.0991 e. The average molecular weight is 197 g/mol. The summed E-state index contributed by atoms with van der Waals surface area (Å²) in [5, 5.41) is 0. The van der Waals surface area contributed by atoms with Crippen LogP contribution in [0, 0.1) is 0 Å². The molecule has 0 aliphatic heterocycles. The molecule has 0 N–H and O–H groups in total. The number of hydrogen-bond acceptors (Lipinski definition) is 0. The first-order valence-electron chi connectivity index (χ1n) is 2.60. The van der Waals surface area contributed by atoms with Crippen LogP contribution in [-0.4, -0.2) is 3.79 Å². The van der Waals surface area contributed by atoms with E-state index in [1.165, 1.54) is 6.08 Å². The SMILES string of the molecule is C=CC=CC=CC(Cl)(Cl)Cl. The second-order valence-corrected chi connectivity index (χ2v) is 3.89. The number of halogens is 3. The molecule has 0 fully saturated rings. The number of allylic oxidation sites excluding steroid dienone is 5. The van der Waals surface area contributed by atoms with Gasteiger partial charge < -0.3 is 0 Å². The van der Waals surface area contributed by atoms with Gasteiger partial charge >= 0.3 is 0 Å². The highest BCUT2D eigenvalue weighted by atomic mass is 35.6. The Bertz CT molecular complexity index is 151. The maximum Gasteiger partial charge on any atom is 0.209 e. The molecule has 0 aliphatic carbocycles. The zero-order valence-electron chi connectivity index (χ0n) is 5.23. The standard InChI is InChI=1S/C7H7Cl3/c1-2-3-4-5-6-7(8,9)10/h2-6H,1H2. The van der Waals surface area contributed by atoms with Gasteiger partial charge in [0, 0.05) is 0 Å². The van der Waals surface area contributed by atoms with Crippen molar-refractivity contribution in [2.75, 3.05) is 0 Å². The molecule has 10 heavy (non-hydrogen) atoms. The molecule has 0 spiro atoms. The van der Waals surface area contributed by atoms with Crippen molar-refractivity contribution in [2.45, 2.75) is 3.79 Å². The molecule has 0 atom stereocenters. The molecular formula is C7H7Cl3. The van der Waals surface area contributed by atoms with Crippen LogP contribution in [0.4, 0.5) is 0 Å². The van der Waals surface area contributed by atoms with E-state index in [-0.39, 0.29) is 0 Å².